The number of imide groups is 4. The first kappa shape index (κ1) is 71.4. The lowest BCUT2D eigenvalue weighted by Crippen LogP contribution is -2.46. The van der Waals surface area contributed by atoms with E-state index in [9.17, 15) is 0 Å². The number of hydrogen-bond donors (Lipinski definition) is 0. The summed E-state index contributed by atoms with van der Waals surface area (Å²) < 4.78 is 27.1. The molecule has 4 heterocycles. The van der Waals surface area contributed by atoms with Gasteiger partial charge in [0.2, 0.25) is 0 Å². The van der Waals surface area contributed by atoms with Gasteiger partial charge in [-0.15, -0.1) is 0 Å². The van der Waals surface area contributed by atoms with Crippen LogP contribution in [0.25, 0.3) is 86.2 Å². The molecule has 16 nitrogen and oxygen atoms in total. The topological polar surface area (TPSA) is 186 Å². The molecule has 0 unspecified atom stereocenters. The Morgan fingerprint density at radius 2 is 0.529 bits per heavy atom. The van der Waals surface area contributed by atoms with E-state index < -0.39 is 93.8 Å². The van der Waals surface area contributed by atoms with Gasteiger partial charge in [-0.1, -0.05) is 91.5 Å². The maximum atomic E-state index is 15.8. The number of ether oxygens (including phenoxy) is 4. The zero-order valence-electron chi connectivity index (χ0n) is 63.4. The van der Waals surface area contributed by atoms with Crippen molar-refractivity contribution in [3.8, 4) is 23.3 Å². The molecule has 0 spiro atoms. The number of carbonyl (C=O) groups is 8. The Kier molecular flexibility index (Phi) is 17.6. The molecule has 0 aliphatic carbocycles. The molecule has 14 rings (SSSR count). The molecule has 4 aliphatic rings. The molecule has 0 saturated heterocycles. The van der Waals surface area contributed by atoms with Crippen LogP contribution in [0, 0.1) is 11.8 Å². The van der Waals surface area contributed by atoms with Crippen molar-refractivity contribution in [2.75, 3.05) is 13.2 Å². The van der Waals surface area contributed by atoms with Crippen LogP contribution < -0.4 is 9.47 Å². The molecule has 0 aromatic heterocycles. The van der Waals surface area contributed by atoms with E-state index in [0.717, 1.165) is 0 Å². The highest BCUT2D eigenvalue weighted by atomic mass is 16.5. The first-order chi connectivity index (χ1) is 49.3. The summed E-state index contributed by atoms with van der Waals surface area (Å²) in [4.78, 5) is 129. The molecule has 10 aromatic rings. The second kappa shape index (κ2) is 25.6. The van der Waals surface area contributed by atoms with Gasteiger partial charge in [-0.05, 0) is 191 Å². The summed E-state index contributed by atoms with van der Waals surface area (Å²) >= 11 is 0. The predicted octanol–water partition coefficient (Wildman–Crippen LogP) is 19.1. The molecule has 16 heteroatoms. The van der Waals surface area contributed by atoms with Crippen LogP contribution in [0.4, 0.5) is 0 Å². The van der Waals surface area contributed by atoms with E-state index in [1.807, 2.05) is 149 Å². The number of hydrogen-bond acceptors (Lipinski definition) is 12. The first-order valence-electron chi connectivity index (χ1n) is 37.6. The fraction of sp³-hybridized carbons (Fsp3) is 0.432. The predicted molar refractivity (Wildman–Crippen MR) is 411 cm³/mol. The fourth-order valence-electron chi connectivity index (χ4n) is 17.3. The molecule has 0 radical (unpaired) electrons. The van der Waals surface area contributed by atoms with Gasteiger partial charge >= 0.3 is 0 Å². The molecule has 8 amide bonds. The van der Waals surface area contributed by atoms with E-state index in [2.05, 4.69) is 11.8 Å². The molecular formula is C88H94N4O12. The maximum Gasteiger partial charge on any atom is 0.261 e. The van der Waals surface area contributed by atoms with E-state index in [-0.39, 0.29) is 11.1 Å². The third-order valence-electron chi connectivity index (χ3n) is 22.5. The van der Waals surface area contributed by atoms with Crippen molar-refractivity contribution >= 4 is 133 Å². The molecule has 4 aliphatic heterocycles. The minimum absolute atomic E-state index is 0.250. The molecule has 0 N–H and O–H groups in total. The van der Waals surface area contributed by atoms with Gasteiger partial charge in [0.15, 0.2) is 0 Å². The van der Waals surface area contributed by atoms with E-state index in [0.29, 0.717) is 220 Å². The van der Waals surface area contributed by atoms with Gasteiger partial charge in [-0.25, -0.2) is 0 Å². The highest BCUT2D eigenvalue weighted by molar-refractivity contribution is 6.45. The van der Waals surface area contributed by atoms with Crippen molar-refractivity contribution in [2.45, 2.75) is 235 Å². The van der Waals surface area contributed by atoms with Crippen molar-refractivity contribution in [1.82, 2.24) is 19.6 Å². The molecule has 0 atom stereocenters. The fourth-order valence-corrected chi connectivity index (χ4v) is 17.3. The molecule has 538 valence electrons. The van der Waals surface area contributed by atoms with Gasteiger partial charge in [-0.2, -0.15) is 0 Å². The third-order valence-corrected chi connectivity index (χ3v) is 22.5. The Bertz CT molecular complexity index is 5130. The van der Waals surface area contributed by atoms with Crippen molar-refractivity contribution in [3.63, 3.8) is 0 Å². The number of carbonyl (C=O) groups excluding carboxylic acids is 8. The van der Waals surface area contributed by atoms with E-state index in [1.54, 1.807) is 48.5 Å². The number of benzene rings is 10. The standard InChI is InChI=1S/C88H94N4O12/c1-19-47(20-2)89-77(93)55-35-31-53-71-63(103-87(15,16)37-39-101-85(9,10)11)43-61-69-57(79(95)91(83(61)99)49(23-5)24-6)33-29-51(75(69)71)65-45(41-59(81(89)97)67(55)73(53)65)27-28-46-42-60-68-56(78(94)90(82(60)98)48(21-3)22-4)36-32-54-72-64(104-88(17,18)38-40-102-86(12,13)14)44-62-70-58(34-30-52(76(70)72)66(46)74(54)68)80(96)92(84(62)100)50(25-7)26-8/h29-36,41-44,47-50H,19-26,37-40H2,1-18H3. The van der Waals surface area contributed by atoms with E-state index >= 15 is 38.4 Å². The lowest BCUT2D eigenvalue weighted by molar-refractivity contribution is -0.0296. The van der Waals surface area contributed by atoms with Gasteiger partial charge < -0.3 is 18.9 Å². The molecule has 0 saturated carbocycles. The summed E-state index contributed by atoms with van der Waals surface area (Å²) in [5.41, 5.74) is 0.487. The molecule has 0 fully saturated rings. The number of amides is 8. The van der Waals surface area contributed by atoms with Crippen LogP contribution >= 0.6 is 0 Å². The lowest BCUT2D eigenvalue weighted by atomic mass is 9.79. The molecule has 10 aromatic carbocycles. The van der Waals surface area contributed by atoms with Crippen LogP contribution in [0.2, 0.25) is 0 Å². The van der Waals surface area contributed by atoms with Crippen LogP contribution in [0.3, 0.4) is 0 Å². The Hall–Kier alpha value is -9.56. The smallest absolute Gasteiger partial charge is 0.261 e. The summed E-state index contributed by atoms with van der Waals surface area (Å²) in [6.07, 6.45) is 5.07. The maximum absolute atomic E-state index is 15.8. The summed E-state index contributed by atoms with van der Waals surface area (Å²) in [5.74, 6) is 4.49. The second-order valence-corrected chi connectivity index (χ2v) is 32.1. The van der Waals surface area contributed by atoms with Crippen LogP contribution in [0.1, 0.15) is 283 Å². The zero-order chi connectivity index (χ0) is 74.6. The summed E-state index contributed by atoms with van der Waals surface area (Å²) in [6.45, 7) is 36.3. The van der Waals surface area contributed by atoms with E-state index in [1.165, 1.54) is 19.6 Å². The Morgan fingerprint density at radius 1 is 0.298 bits per heavy atom. The van der Waals surface area contributed by atoms with Gasteiger partial charge in [0.1, 0.15) is 22.7 Å². The van der Waals surface area contributed by atoms with Gasteiger partial charge in [0.05, 0.1) is 35.5 Å². The second-order valence-electron chi connectivity index (χ2n) is 32.1. The SMILES string of the molecule is CCC(CC)N1C(=O)c2ccc3c4c(OC(C)(C)CCOC(C)(C)C)cc5c6c(ccc(c7c(C#Cc8cc9c%10c(ccc%11c%12c(OC(C)(C)CCOC(C)(C)C)cc%13c%14c(ccc(c8c%10%11)c%14%12)C(=O)N(C(CC)CC)C%13=O)C(=O)N(C(CC)CC)C9=O)cc(c2c37)C1=O)c64)C(=O)N(C(CC)CC)C5=O. The first-order valence-corrected chi connectivity index (χ1v) is 37.6. The Morgan fingerprint density at radius 3 is 0.779 bits per heavy atom. The average molecular weight is 1400 g/mol. The molecule has 0 bridgehead atoms. The van der Waals surface area contributed by atoms with Crippen molar-refractivity contribution in [3.05, 3.63) is 128 Å². The Balaban J connectivity index is 1.13. The highest BCUT2D eigenvalue weighted by Crippen LogP contribution is 2.54. The summed E-state index contributed by atoms with van der Waals surface area (Å²) in [5, 5.41) is 8.62. The van der Waals surface area contributed by atoms with Crippen molar-refractivity contribution in [1.29, 1.82) is 0 Å². The van der Waals surface area contributed by atoms with Crippen molar-refractivity contribution < 1.29 is 57.3 Å². The largest absolute Gasteiger partial charge is 0.487 e. The Labute approximate surface area is 607 Å². The van der Waals surface area contributed by atoms with Gasteiger partial charge in [0, 0.05) is 146 Å². The summed E-state index contributed by atoms with van der Waals surface area (Å²) in [6, 6.07) is 20.1. The van der Waals surface area contributed by atoms with Crippen molar-refractivity contribution in [2.24, 2.45) is 0 Å². The lowest BCUT2D eigenvalue weighted by Gasteiger charge is -2.36. The minimum atomic E-state index is -0.899. The van der Waals surface area contributed by atoms with Crippen LogP contribution in [0.5, 0.6) is 11.5 Å². The molecular weight excluding hydrogens is 1300 g/mol. The number of fused-ring (bicyclic) bond motifs is 4. The number of nitrogens with zero attached hydrogens (tertiary/aromatic N) is 4. The third kappa shape index (κ3) is 11.0. The van der Waals surface area contributed by atoms with Gasteiger partial charge in [-0.3, -0.25) is 58.0 Å². The normalized spacial score (nSPS) is 15.3. The highest BCUT2D eigenvalue weighted by Gasteiger charge is 2.45. The average Bonchev–Trinajstić information content (AvgIpc) is 0.684. The summed E-state index contributed by atoms with van der Waals surface area (Å²) in [7, 11) is 0. The van der Waals surface area contributed by atoms with Crippen LogP contribution in [-0.2, 0) is 9.47 Å². The zero-order valence-corrected chi connectivity index (χ0v) is 63.4. The molecule has 104 heavy (non-hydrogen) atoms. The van der Waals surface area contributed by atoms with Gasteiger partial charge in [0.25, 0.3) is 47.3 Å². The van der Waals surface area contributed by atoms with Crippen LogP contribution in [-0.4, -0.2) is 127 Å². The number of rotatable bonds is 22. The van der Waals surface area contributed by atoms with Crippen LogP contribution in [0.15, 0.2) is 72.8 Å². The monoisotopic (exact) mass is 1400 g/mol. The minimum Gasteiger partial charge on any atom is -0.487 e. The van der Waals surface area contributed by atoms with E-state index in [4.69, 9.17) is 18.9 Å². The quantitative estimate of drug-likeness (QED) is 0.0271.